The molecule has 9 nitrogen and oxygen atoms in total. The van der Waals surface area contributed by atoms with E-state index in [-0.39, 0.29) is 49.0 Å². The van der Waals surface area contributed by atoms with E-state index in [0.717, 1.165) is 31.2 Å². The zero-order valence-corrected chi connectivity index (χ0v) is 19.3. The monoisotopic (exact) mass is 517 g/mol. The first-order chi connectivity index (χ1) is 13.6. The SMILES string of the molecule is CCNC(=NCCN1C(=O)CNC1=O)N1CCc2cc(OC)c(OC)cc2C1.I. The van der Waals surface area contributed by atoms with Gasteiger partial charge in [0, 0.05) is 19.6 Å². The zero-order valence-electron chi connectivity index (χ0n) is 17.0. The van der Waals surface area contributed by atoms with E-state index >= 15 is 0 Å². The summed E-state index contributed by atoms with van der Waals surface area (Å²) in [5, 5.41) is 5.82. The van der Waals surface area contributed by atoms with Crippen LogP contribution in [-0.4, -0.2) is 74.6 Å². The molecule has 0 atom stereocenters. The molecule has 0 radical (unpaired) electrons. The van der Waals surface area contributed by atoms with Gasteiger partial charge in [0.15, 0.2) is 17.5 Å². The molecule has 10 heteroatoms. The van der Waals surface area contributed by atoms with E-state index in [1.807, 2.05) is 19.1 Å². The number of rotatable bonds is 6. The minimum absolute atomic E-state index is 0. The molecule has 1 aromatic carbocycles. The predicted molar refractivity (Wildman–Crippen MR) is 120 cm³/mol. The molecule has 160 valence electrons. The maximum Gasteiger partial charge on any atom is 0.324 e. The van der Waals surface area contributed by atoms with Crippen LogP contribution in [-0.2, 0) is 17.8 Å². The Morgan fingerprint density at radius 1 is 1.21 bits per heavy atom. The largest absolute Gasteiger partial charge is 0.493 e. The molecule has 2 heterocycles. The molecule has 3 rings (SSSR count). The third kappa shape index (κ3) is 5.22. The molecule has 1 saturated heterocycles. The molecule has 1 fully saturated rings. The number of hydrogen-bond donors (Lipinski definition) is 2. The number of ether oxygens (including phenoxy) is 2. The number of guanidine groups is 1. The number of aliphatic imine (C=N–C) groups is 1. The van der Waals surface area contributed by atoms with Crippen LogP contribution in [0.15, 0.2) is 17.1 Å². The first-order valence-electron chi connectivity index (χ1n) is 9.42. The second kappa shape index (κ2) is 10.5. The van der Waals surface area contributed by atoms with Crippen LogP contribution in [0.3, 0.4) is 0 Å². The third-order valence-electron chi connectivity index (χ3n) is 4.87. The highest BCUT2D eigenvalue weighted by Gasteiger charge is 2.28. The number of carbonyl (C=O) groups is 2. The van der Waals surface area contributed by atoms with E-state index < -0.39 is 0 Å². The van der Waals surface area contributed by atoms with Crippen molar-refractivity contribution in [3.63, 3.8) is 0 Å². The number of carbonyl (C=O) groups excluding carboxylic acids is 2. The second-order valence-corrected chi connectivity index (χ2v) is 6.59. The van der Waals surface area contributed by atoms with Crippen LogP contribution in [0.25, 0.3) is 0 Å². The maximum absolute atomic E-state index is 11.7. The van der Waals surface area contributed by atoms with Gasteiger partial charge < -0.3 is 25.0 Å². The van der Waals surface area contributed by atoms with Gasteiger partial charge in [-0.3, -0.25) is 14.7 Å². The lowest BCUT2D eigenvalue weighted by atomic mass is 9.99. The molecular weight excluding hydrogens is 489 g/mol. The summed E-state index contributed by atoms with van der Waals surface area (Å²) in [6.07, 6.45) is 0.868. The summed E-state index contributed by atoms with van der Waals surface area (Å²) in [4.78, 5) is 31.3. The molecule has 2 aliphatic heterocycles. The van der Waals surface area contributed by atoms with Gasteiger partial charge in [-0.05, 0) is 36.6 Å². The lowest BCUT2D eigenvalue weighted by Gasteiger charge is -2.32. The summed E-state index contributed by atoms with van der Waals surface area (Å²) >= 11 is 0. The van der Waals surface area contributed by atoms with Crippen molar-refractivity contribution in [2.45, 2.75) is 19.9 Å². The summed E-state index contributed by atoms with van der Waals surface area (Å²) in [7, 11) is 3.27. The Bertz CT molecular complexity index is 770. The Morgan fingerprint density at radius 3 is 2.48 bits per heavy atom. The third-order valence-corrected chi connectivity index (χ3v) is 4.87. The lowest BCUT2D eigenvalue weighted by molar-refractivity contribution is -0.124. The van der Waals surface area contributed by atoms with Crippen LogP contribution < -0.4 is 20.1 Å². The number of urea groups is 1. The van der Waals surface area contributed by atoms with E-state index in [1.54, 1.807) is 14.2 Å². The Balaban J connectivity index is 0.00000300. The zero-order chi connectivity index (χ0) is 20.1. The molecule has 0 aromatic heterocycles. The number of imide groups is 1. The van der Waals surface area contributed by atoms with Crippen LogP contribution >= 0.6 is 24.0 Å². The van der Waals surface area contributed by atoms with Gasteiger partial charge in [0.25, 0.3) is 0 Å². The molecule has 1 aromatic rings. The molecule has 0 aliphatic carbocycles. The quantitative estimate of drug-likeness (QED) is 0.255. The van der Waals surface area contributed by atoms with E-state index in [9.17, 15) is 9.59 Å². The standard InChI is InChI=1S/C19H27N5O4.HI/c1-4-20-18(21-6-8-24-17(25)11-22-19(24)26)23-7-5-13-9-15(27-2)16(28-3)10-14(13)12-23;/h9-10H,4-8,11-12H2,1-3H3,(H,20,21)(H,22,26);1H. The number of halogens is 1. The Hall–Kier alpha value is -2.24. The van der Waals surface area contributed by atoms with E-state index in [2.05, 4.69) is 20.5 Å². The summed E-state index contributed by atoms with van der Waals surface area (Å²) in [6.45, 7) is 4.96. The van der Waals surface area contributed by atoms with E-state index in [0.29, 0.717) is 18.8 Å². The number of hydrogen-bond acceptors (Lipinski definition) is 5. The number of nitrogens with one attached hydrogen (secondary N) is 2. The van der Waals surface area contributed by atoms with Crippen molar-refractivity contribution in [1.29, 1.82) is 0 Å². The highest BCUT2D eigenvalue weighted by molar-refractivity contribution is 14.0. The van der Waals surface area contributed by atoms with Gasteiger partial charge in [0.05, 0.1) is 33.9 Å². The molecule has 2 N–H and O–H groups in total. The molecule has 0 spiro atoms. The molecule has 0 saturated carbocycles. The molecule has 29 heavy (non-hydrogen) atoms. The van der Waals surface area contributed by atoms with Gasteiger partial charge in [-0.1, -0.05) is 0 Å². The molecule has 0 unspecified atom stereocenters. The first-order valence-corrected chi connectivity index (χ1v) is 9.42. The van der Waals surface area contributed by atoms with Crippen molar-refractivity contribution in [3.05, 3.63) is 23.3 Å². The number of amides is 3. The maximum atomic E-state index is 11.7. The Labute approximate surface area is 187 Å². The summed E-state index contributed by atoms with van der Waals surface area (Å²) in [5.74, 6) is 2.01. The number of nitrogens with zero attached hydrogens (tertiary/aromatic N) is 3. The fourth-order valence-corrected chi connectivity index (χ4v) is 3.43. The summed E-state index contributed by atoms with van der Waals surface area (Å²) in [6, 6.07) is 3.70. The fourth-order valence-electron chi connectivity index (χ4n) is 3.43. The van der Waals surface area contributed by atoms with E-state index in [1.165, 1.54) is 16.0 Å². The van der Waals surface area contributed by atoms with Gasteiger partial charge in [-0.15, -0.1) is 24.0 Å². The van der Waals surface area contributed by atoms with Crippen molar-refractivity contribution < 1.29 is 19.1 Å². The average molecular weight is 517 g/mol. The van der Waals surface area contributed by atoms with Crippen molar-refractivity contribution >= 4 is 41.9 Å². The number of benzene rings is 1. The fraction of sp³-hybridized carbons (Fsp3) is 0.526. The van der Waals surface area contributed by atoms with Crippen LogP contribution in [0.5, 0.6) is 11.5 Å². The van der Waals surface area contributed by atoms with Crippen LogP contribution in [0.4, 0.5) is 4.79 Å². The van der Waals surface area contributed by atoms with Crippen molar-refractivity contribution in [1.82, 2.24) is 20.4 Å². The topological polar surface area (TPSA) is 95.5 Å². The van der Waals surface area contributed by atoms with Gasteiger partial charge in [0.1, 0.15) is 0 Å². The van der Waals surface area contributed by atoms with Crippen LogP contribution in [0.2, 0.25) is 0 Å². The van der Waals surface area contributed by atoms with Crippen molar-refractivity contribution in [3.8, 4) is 11.5 Å². The van der Waals surface area contributed by atoms with Gasteiger partial charge in [0.2, 0.25) is 5.91 Å². The van der Waals surface area contributed by atoms with Gasteiger partial charge in [-0.2, -0.15) is 0 Å². The van der Waals surface area contributed by atoms with Gasteiger partial charge >= 0.3 is 6.03 Å². The van der Waals surface area contributed by atoms with Crippen LogP contribution in [0, 0.1) is 0 Å². The number of fused-ring (bicyclic) bond motifs is 1. The smallest absolute Gasteiger partial charge is 0.324 e. The lowest BCUT2D eigenvalue weighted by Crippen LogP contribution is -2.44. The Morgan fingerprint density at radius 2 is 1.90 bits per heavy atom. The molecule has 3 amide bonds. The first kappa shape index (κ1) is 23.0. The van der Waals surface area contributed by atoms with E-state index in [4.69, 9.17) is 9.47 Å². The minimum atomic E-state index is -0.349. The minimum Gasteiger partial charge on any atom is -0.493 e. The molecule has 0 bridgehead atoms. The molecular formula is C19H28IN5O4. The summed E-state index contributed by atoms with van der Waals surface area (Å²) < 4.78 is 10.8. The normalized spacial score (nSPS) is 16.2. The summed E-state index contributed by atoms with van der Waals surface area (Å²) in [5.41, 5.74) is 2.41. The van der Waals surface area contributed by atoms with Crippen molar-refractivity contribution in [2.75, 3.05) is 46.9 Å². The average Bonchev–Trinajstić information content (AvgIpc) is 3.03. The highest BCUT2D eigenvalue weighted by Crippen LogP contribution is 2.33. The van der Waals surface area contributed by atoms with Crippen molar-refractivity contribution in [2.24, 2.45) is 4.99 Å². The predicted octanol–water partition coefficient (Wildman–Crippen LogP) is 1.20. The van der Waals surface area contributed by atoms with Gasteiger partial charge in [-0.25, -0.2) is 4.79 Å². The number of methoxy groups -OCH3 is 2. The highest BCUT2D eigenvalue weighted by atomic mass is 127. The molecule has 2 aliphatic rings. The van der Waals surface area contributed by atoms with Crippen LogP contribution in [0.1, 0.15) is 18.1 Å². The Kier molecular flexibility index (Phi) is 8.35. The second-order valence-electron chi connectivity index (χ2n) is 6.59.